The first kappa shape index (κ1) is 22.7. The van der Waals surface area contributed by atoms with Crippen molar-refractivity contribution in [2.24, 2.45) is 0 Å². The van der Waals surface area contributed by atoms with Crippen LogP contribution >= 0.6 is 0 Å². The van der Waals surface area contributed by atoms with Crippen molar-refractivity contribution in [2.75, 3.05) is 27.3 Å². The van der Waals surface area contributed by atoms with Crippen LogP contribution in [0.15, 0.2) is 72.8 Å². The molecule has 0 saturated heterocycles. The summed E-state index contributed by atoms with van der Waals surface area (Å²) in [6.45, 7) is 5.58. The van der Waals surface area contributed by atoms with Crippen molar-refractivity contribution in [3.8, 4) is 17.2 Å². The third kappa shape index (κ3) is 6.76. The number of ether oxygens (including phenoxy) is 3. The fourth-order valence-corrected chi connectivity index (χ4v) is 3.65. The van der Waals surface area contributed by atoms with E-state index in [1.54, 1.807) is 14.2 Å². The molecule has 0 saturated carbocycles. The number of methoxy groups -OCH3 is 2. The third-order valence-corrected chi connectivity index (χ3v) is 5.32. The molecule has 0 aromatic heterocycles. The van der Waals surface area contributed by atoms with Gasteiger partial charge in [0.15, 0.2) is 11.5 Å². The van der Waals surface area contributed by atoms with E-state index in [-0.39, 0.29) is 0 Å². The lowest BCUT2D eigenvalue weighted by atomic mass is 10.1. The molecule has 4 nitrogen and oxygen atoms in total. The second-order valence-corrected chi connectivity index (χ2v) is 7.60. The molecule has 0 spiro atoms. The van der Waals surface area contributed by atoms with Crippen molar-refractivity contribution in [3.05, 3.63) is 89.5 Å². The van der Waals surface area contributed by atoms with E-state index < -0.39 is 0 Å². The molecule has 0 heterocycles. The van der Waals surface area contributed by atoms with Crippen LogP contribution in [0.1, 0.15) is 30.0 Å². The third-order valence-electron chi connectivity index (χ3n) is 5.32. The monoisotopic (exact) mass is 419 g/mol. The molecule has 0 unspecified atom stereocenters. The van der Waals surface area contributed by atoms with E-state index in [0.29, 0.717) is 6.61 Å². The van der Waals surface area contributed by atoms with Crippen LogP contribution in [0.2, 0.25) is 0 Å². The SMILES string of the molecule is CCCN(CCc1ccc(OC)cc1)Cc1cccc(OC)c1OCc1ccccc1. The normalized spacial score (nSPS) is 10.8. The first-order valence-corrected chi connectivity index (χ1v) is 10.9. The van der Waals surface area contributed by atoms with Gasteiger partial charge in [-0.05, 0) is 48.7 Å². The summed E-state index contributed by atoms with van der Waals surface area (Å²) in [7, 11) is 3.39. The molecule has 0 aliphatic rings. The molecule has 0 aliphatic carbocycles. The predicted octanol–water partition coefficient (Wildman–Crippen LogP) is 5.74. The van der Waals surface area contributed by atoms with E-state index in [9.17, 15) is 0 Å². The van der Waals surface area contributed by atoms with Gasteiger partial charge in [-0.3, -0.25) is 4.90 Å². The van der Waals surface area contributed by atoms with Crippen molar-refractivity contribution in [1.29, 1.82) is 0 Å². The molecule has 0 aliphatic heterocycles. The van der Waals surface area contributed by atoms with Gasteiger partial charge in [0.25, 0.3) is 0 Å². The highest BCUT2D eigenvalue weighted by molar-refractivity contribution is 5.46. The van der Waals surface area contributed by atoms with E-state index in [0.717, 1.165) is 60.9 Å². The van der Waals surface area contributed by atoms with E-state index in [2.05, 4.69) is 42.2 Å². The van der Waals surface area contributed by atoms with Gasteiger partial charge in [-0.15, -0.1) is 0 Å². The van der Waals surface area contributed by atoms with E-state index in [1.807, 2.05) is 42.5 Å². The molecule has 3 aromatic carbocycles. The summed E-state index contributed by atoms with van der Waals surface area (Å²) >= 11 is 0. The van der Waals surface area contributed by atoms with Gasteiger partial charge in [-0.25, -0.2) is 0 Å². The summed E-state index contributed by atoms with van der Waals surface area (Å²) < 4.78 is 17.1. The molecule has 0 bridgehead atoms. The van der Waals surface area contributed by atoms with Crippen LogP contribution in [0.3, 0.4) is 0 Å². The number of para-hydroxylation sites is 1. The Labute approximate surface area is 186 Å². The van der Waals surface area contributed by atoms with Gasteiger partial charge in [0.05, 0.1) is 14.2 Å². The summed E-state index contributed by atoms with van der Waals surface area (Å²) in [4.78, 5) is 2.48. The highest BCUT2D eigenvalue weighted by Crippen LogP contribution is 2.33. The molecule has 0 radical (unpaired) electrons. The molecule has 31 heavy (non-hydrogen) atoms. The Bertz CT molecular complexity index is 910. The fraction of sp³-hybridized carbons (Fsp3) is 0.333. The fourth-order valence-electron chi connectivity index (χ4n) is 3.65. The molecular formula is C27H33NO3. The second-order valence-electron chi connectivity index (χ2n) is 7.60. The molecule has 0 N–H and O–H groups in total. The van der Waals surface area contributed by atoms with Crippen molar-refractivity contribution in [2.45, 2.75) is 32.9 Å². The van der Waals surface area contributed by atoms with Crippen LogP contribution in [-0.4, -0.2) is 32.2 Å². The Kier molecular flexibility index (Phi) is 8.80. The van der Waals surface area contributed by atoms with Gasteiger partial charge in [-0.2, -0.15) is 0 Å². The summed E-state index contributed by atoms with van der Waals surface area (Å²) in [5.74, 6) is 2.50. The number of hydrogen-bond donors (Lipinski definition) is 0. The van der Waals surface area contributed by atoms with Crippen LogP contribution in [0, 0.1) is 0 Å². The number of rotatable bonds is 12. The Balaban J connectivity index is 1.70. The number of hydrogen-bond acceptors (Lipinski definition) is 4. The highest BCUT2D eigenvalue weighted by atomic mass is 16.5. The largest absolute Gasteiger partial charge is 0.497 e. The molecule has 0 fully saturated rings. The minimum atomic E-state index is 0.522. The Morgan fingerprint density at radius 1 is 0.742 bits per heavy atom. The minimum Gasteiger partial charge on any atom is -0.497 e. The lowest BCUT2D eigenvalue weighted by Gasteiger charge is -2.24. The van der Waals surface area contributed by atoms with Crippen LogP contribution < -0.4 is 14.2 Å². The summed E-state index contributed by atoms with van der Waals surface area (Å²) in [5, 5.41) is 0. The van der Waals surface area contributed by atoms with Gasteiger partial charge >= 0.3 is 0 Å². The molecule has 3 aromatic rings. The summed E-state index contributed by atoms with van der Waals surface area (Å²) in [6.07, 6.45) is 2.10. The topological polar surface area (TPSA) is 30.9 Å². The lowest BCUT2D eigenvalue weighted by Crippen LogP contribution is -2.27. The Morgan fingerprint density at radius 2 is 1.52 bits per heavy atom. The van der Waals surface area contributed by atoms with E-state index in [4.69, 9.17) is 14.2 Å². The van der Waals surface area contributed by atoms with Crippen molar-refractivity contribution in [1.82, 2.24) is 4.90 Å². The van der Waals surface area contributed by atoms with Crippen LogP contribution in [0.4, 0.5) is 0 Å². The molecule has 0 amide bonds. The van der Waals surface area contributed by atoms with E-state index >= 15 is 0 Å². The minimum absolute atomic E-state index is 0.522. The zero-order valence-electron chi connectivity index (χ0n) is 18.8. The van der Waals surface area contributed by atoms with Gasteiger partial charge in [0.1, 0.15) is 12.4 Å². The molecule has 0 atom stereocenters. The summed E-state index contributed by atoms with van der Waals surface area (Å²) in [5.41, 5.74) is 3.61. The van der Waals surface area contributed by atoms with Gasteiger partial charge < -0.3 is 14.2 Å². The van der Waals surface area contributed by atoms with Crippen molar-refractivity contribution < 1.29 is 14.2 Å². The predicted molar refractivity (Wildman–Crippen MR) is 126 cm³/mol. The van der Waals surface area contributed by atoms with Crippen LogP contribution in [0.5, 0.6) is 17.2 Å². The molecular weight excluding hydrogens is 386 g/mol. The zero-order chi connectivity index (χ0) is 21.9. The Hall–Kier alpha value is -2.98. The van der Waals surface area contributed by atoms with Gasteiger partial charge in [-0.1, -0.05) is 61.5 Å². The number of nitrogens with zero attached hydrogens (tertiary/aromatic N) is 1. The standard InChI is InChI=1S/C27H33NO3/c1-4-18-28(19-17-22-13-15-25(29-2)16-14-22)20-24-11-8-12-26(30-3)27(24)31-21-23-9-6-5-7-10-23/h5-16H,4,17-21H2,1-3H3. The maximum Gasteiger partial charge on any atom is 0.166 e. The Morgan fingerprint density at radius 3 is 2.19 bits per heavy atom. The van der Waals surface area contributed by atoms with Gasteiger partial charge in [0.2, 0.25) is 0 Å². The van der Waals surface area contributed by atoms with Crippen molar-refractivity contribution in [3.63, 3.8) is 0 Å². The van der Waals surface area contributed by atoms with Crippen LogP contribution in [-0.2, 0) is 19.6 Å². The zero-order valence-corrected chi connectivity index (χ0v) is 18.8. The van der Waals surface area contributed by atoms with Crippen LogP contribution in [0.25, 0.3) is 0 Å². The quantitative estimate of drug-likeness (QED) is 0.375. The average molecular weight is 420 g/mol. The maximum absolute atomic E-state index is 6.25. The summed E-state index contributed by atoms with van der Waals surface area (Å²) in [6, 6.07) is 24.7. The first-order chi connectivity index (χ1) is 15.2. The molecule has 3 rings (SSSR count). The lowest BCUT2D eigenvalue weighted by molar-refractivity contribution is 0.249. The number of benzene rings is 3. The van der Waals surface area contributed by atoms with Gasteiger partial charge in [0, 0.05) is 18.7 Å². The van der Waals surface area contributed by atoms with E-state index in [1.165, 1.54) is 5.56 Å². The first-order valence-electron chi connectivity index (χ1n) is 10.9. The smallest absolute Gasteiger partial charge is 0.166 e. The molecule has 4 heteroatoms. The molecule has 164 valence electrons. The average Bonchev–Trinajstić information content (AvgIpc) is 2.82. The highest BCUT2D eigenvalue weighted by Gasteiger charge is 2.14. The second kappa shape index (κ2) is 12.0. The maximum atomic E-state index is 6.25. The van der Waals surface area contributed by atoms with Crippen molar-refractivity contribution >= 4 is 0 Å².